The number of carbonyl (C=O) groups excluding carboxylic acids is 1. The molecule has 2 aromatic rings. The first-order valence-electron chi connectivity index (χ1n) is 7.37. The Morgan fingerprint density at radius 1 is 1.26 bits per heavy atom. The van der Waals surface area contributed by atoms with E-state index in [1.807, 2.05) is 36.6 Å². The number of rotatable bonds is 7. The van der Waals surface area contributed by atoms with Crippen molar-refractivity contribution >= 4 is 17.7 Å². The lowest BCUT2D eigenvalue weighted by atomic mass is 10.1. The molecule has 0 aliphatic rings. The van der Waals surface area contributed by atoms with E-state index in [2.05, 4.69) is 5.32 Å². The molecule has 0 radical (unpaired) electrons. The van der Waals surface area contributed by atoms with Crippen LogP contribution in [0.25, 0.3) is 0 Å². The molecule has 0 fully saturated rings. The van der Waals surface area contributed by atoms with Crippen molar-refractivity contribution in [1.82, 2.24) is 5.32 Å². The highest BCUT2D eigenvalue weighted by Crippen LogP contribution is 2.16. The number of benzene rings is 2. The summed E-state index contributed by atoms with van der Waals surface area (Å²) >= 11 is 1.50. The van der Waals surface area contributed by atoms with Gasteiger partial charge in [-0.05, 0) is 35.6 Å². The van der Waals surface area contributed by atoms with Crippen LogP contribution in [-0.2, 0) is 12.2 Å². The first-order valence-corrected chi connectivity index (χ1v) is 8.77. The van der Waals surface area contributed by atoms with Crippen LogP contribution in [0.1, 0.15) is 21.5 Å². The average Bonchev–Trinajstić information content (AvgIpc) is 2.56. The Bertz CT molecular complexity index is 649. The molecular weight excluding hydrogens is 313 g/mol. The van der Waals surface area contributed by atoms with E-state index in [9.17, 15) is 14.3 Å². The molecule has 0 bridgehead atoms. The van der Waals surface area contributed by atoms with Crippen molar-refractivity contribution in [2.45, 2.75) is 18.3 Å². The first-order chi connectivity index (χ1) is 11.1. The molecule has 0 saturated heterocycles. The van der Waals surface area contributed by atoms with Crippen LogP contribution in [0.2, 0.25) is 0 Å². The number of nitrogens with one attached hydrogen (secondary N) is 1. The van der Waals surface area contributed by atoms with Gasteiger partial charge in [-0.15, -0.1) is 0 Å². The number of amides is 1. The highest BCUT2D eigenvalue weighted by Gasteiger charge is 2.12. The maximum Gasteiger partial charge on any atom is 0.251 e. The summed E-state index contributed by atoms with van der Waals surface area (Å²) in [5.74, 6) is -0.0941. The second-order valence-corrected chi connectivity index (χ2v) is 6.16. The Kier molecular flexibility index (Phi) is 6.62. The number of aliphatic hydroxyl groups excluding tert-OH is 1. The van der Waals surface area contributed by atoms with Crippen LogP contribution in [0.5, 0.6) is 0 Å². The van der Waals surface area contributed by atoms with Gasteiger partial charge in [-0.2, -0.15) is 11.8 Å². The summed E-state index contributed by atoms with van der Waals surface area (Å²) in [4.78, 5) is 12.1. The molecule has 2 rings (SSSR count). The molecule has 5 heteroatoms. The Hall–Kier alpha value is -1.85. The molecular formula is C18H20FNO2S. The Balaban J connectivity index is 1.90. The number of carbonyl (C=O) groups is 1. The lowest BCUT2D eigenvalue weighted by molar-refractivity contribution is 0.0916. The van der Waals surface area contributed by atoms with Gasteiger partial charge in [-0.1, -0.05) is 30.3 Å². The van der Waals surface area contributed by atoms with Gasteiger partial charge < -0.3 is 10.4 Å². The van der Waals surface area contributed by atoms with Crippen LogP contribution in [0, 0.1) is 5.82 Å². The second kappa shape index (κ2) is 8.70. The molecule has 2 aromatic carbocycles. The first kappa shape index (κ1) is 17.5. The minimum Gasteiger partial charge on any atom is -0.391 e. The summed E-state index contributed by atoms with van der Waals surface area (Å²) in [7, 11) is 0. The van der Waals surface area contributed by atoms with Crippen LogP contribution in [0.15, 0.2) is 48.5 Å². The quantitative estimate of drug-likeness (QED) is 0.819. The van der Waals surface area contributed by atoms with Crippen molar-refractivity contribution in [3.63, 3.8) is 0 Å². The molecule has 2 N–H and O–H groups in total. The summed E-state index contributed by atoms with van der Waals surface area (Å²) in [5, 5.41) is 12.7. The van der Waals surface area contributed by atoms with E-state index in [4.69, 9.17) is 0 Å². The molecule has 0 heterocycles. The van der Waals surface area contributed by atoms with Crippen molar-refractivity contribution in [3.8, 4) is 0 Å². The molecule has 1 amide bonds. The third-order valence-electron chi connectivity index (χ3n) is 3.42. The van der Waals surface area contributed by atoms with Crippen LogP contribution >= 0.6 is 11.8 Å². The van der Waals surface area contributed by atoms with E-state index in [0.717, 1.165) is 5.56 Å². The normalized spacial score (nSPS) is 12.0. The van der Waals surface area contributed by atoms with Crippen LogP contribution in [0.3, 0.4) is 0 Å². The molecule has 0 aliphatic heterocycles. The number of hydrogen-bond donors (Lipinski definition) is 2. The molecule has 1 atom stereocenters. The third kappa shape index (κ3) is 5.37. The third-order valence-corrected chi connectivity index (χ3v) is 4.02. The summed E-state index contributed by atoms with van der Waals surface area (Å²) in [5.41, 5.74) is 1.93. The molecule has 23 heavy (non-hydrogen) atoms. The molecule has 122 valence electrons. The number of aliphatic hydroxyl groups is 1. The van der Waals surface area contributed by atoms with Crippen molar-refractivity contribution in [2.24, 2.45) is 0 Å². The van der Waals surface area contributed by atoms with E-state index in [1.165, 1.54) is 23.9 Å². The number of hydrogen-bond acceptors (Lipinski definition) is 3. The Labute approximate surface area is 139 Å². The molecule has 3 nitrogen and oxygen atoms in total. The lowest BCUT2D eigenvalue weighted by Gasteiger charge is -2.12. The van der Waals surface area contributed by atoms with E-state index in [0.29, 0.717) is 23.3 Å². The molecule has 0 aliphatic carbocycles. The monoisotopic (exact) mass is 333 g/mol. The molecule has 0 saturated carbocycles. The Morgan fingerprint density at radius 2 is 2.00 bits per heavy atom. The highest BCUT2D eigenvalue weighted by molar-refractivity contribution is 7.97. The summed E-state index contributed by atoms with van der Waals surface area (Å²) in [6.07, 6.45) is 1.70. The fraction of sp³-hybridized carbons (Fsp3) is 0.278. The minimum absolute atomic E-state index is 0.156. The van der Waals surface area contributed by atoms with Crippen LogP contribution in [0.4, 0.5) is 4.39 Å². The van der Waals surface area contributed by atoms with Gasteiger partial charge in [0.25, 0.3) is 5.91 Å². The van der Waals surface area contributed by atoms with Crippen molar-refractivity contribution < 1.29 is 14.3 Å². The highest BCUT2D eigenvalue weighted by atomic mass is 32.2. The minimum atomic E-state index is -0.660. The fourth-order valence-corrected chi connectivity index (χ4v) is 2.79. The lowest BCUT2D eigenvalue weighted by Crippen LogP contribution is -2.33. The van der Waals surface area contributed by atoms with Gasteiger partial charge in [-0.25, -0.2) is 4.39 Å². The van der Waals surface area contributed by atoms with E-state index >= 15 is 0 Å². The maximum atomic E-state index is 13.6. The van der Waals surface area contributed by atoms with Gasteiger partial charge in [0.05, 0.1) is 6.10 Å². The predicted molar refractivity (Wildman–Crippen MR) is 92.1 cm³/mol. The zero-order chi connectivity index (χ0) is 16.7. The number of thioether (sulfide) groups is 1. The SMILES string of the molecule is CSCc1cc(C(=O)NCC(O)Cc2ccccc2)ccc1F. The van der Waals surface area contributed by atoms with Crippen molar-refractivity contribution in [3.05, 3.63) is 71.0 Å². The van der Waals surface area contributed by atoms with Gasteiger partial charge in [0, 0.05) is 24.3 Å². The van der Waals surface area contributed by atoms with Crippen LogP contribution in [-0.4, -0.2) is 29.9 Å². The van der Waals surface area contributed by atoms with E-state index in [1.54, 1.807) is 6.07 Å². The second-order valence-electron chi connectivity index (χ2n) is 5.29. The van der Waals surface area contributed by atoms with Crippen molar-refractivity contribution in [2.75, 3.05) is 12.8 Å². The molecule has 1 unspecified atom stereocenters. The zero-order valence-electron chi connectivity index (χ0n) is 13.0. The Morgan fingerprint density at radius 3 is 2.70 bits per heavy atom. The van der Waals surface area contributed by atoms with Gasteiger partial charge in [0.15, 0.2) is 0 Å². The summed E-state index contributed by atoms with van der Waals surface area (Å²) in [6.45, 7) is 0.156. The molecule has 0 aromatic heterocycles. The van der Waals surface area contributed by atoms with Gasteiger partial charge in [0.2, 0.25) is 0 Å². The predicted octanol–water partition coefficient (Wildman–Crippen LogP) is 3.02. The van der Waals surface area contributed by atoms with Crippen LogP contribution < -0.4 is 5.32 Å². The molecule has 0 spiro atoms. The zero-order valence-corrected chi connectivity index (χ0v) is 13.8. The largest absolute Gasteiger partial charge is 0.391 e. The average molecular weight is 333 g/mol. The van der Waals surface area contributed by atoms with Crippen molar-refractivity contribution in [1.29, 1.82) is 0 Å². The van der Waals surface area contributed by atoms with Gasteiger partial charge in [-0.3, -0.25) is 4.79 Å². The fourth-order valence-electron chi connectivity index (χ4n) is 2.25. The van der Waals surface area contributed by atoms with Gasteiger partial charge >= 0.3 is 0 Å². The topological polar surface area (TPSA) is 49.3 Å². The summed E-state index contributed by atoms with van der Waals surface area (Å²) in [6, 6.07) is 13.9. The smallest absolute Gasteiger partial charge is 0.251 e. The van der Waals surface area contributed by atoms with E-state index in [-0.39, 0.29) is 18.3 Å². The number of halogens is 1. The maximum absolute atomic E-state index is 13.6. The standard InChI is InChI=1S/C18H20FNO2S/c1-23-12-15-10-14(7-8-17(15)19)18(22)20-11-16(21)9-13-5-3-2-4-6-13/h2-8,10,16,21H,9,11-12H2,1H3,(H,20,22). The summed E-state index contributed by atoms with van der Waals surface area (Å²) < 4.78 is 13.6. The van der Waals surface area contributed by atoms with Gasteiger partial charge in [0.1, 0.15) is 5.82 Å². The van der Waals surface area contributed by atoms with E-state index < -0.39 is 6.10 Å².